The molecular weight excluding hydrogens is 323 g/mol. The molecule has 0 unspecified atom stereocenters. The van der Waals surface area contributed by atoms with E-state index in [4.69, 9.17) is 9.47 Å². The Morgan fingerprint density at radius 2 is 1.84 bits per heavy atom. The first-order valence-corrected chi connectivity index (χ1v) is 8.05. The number of hydrogen-bond donors (Lipinski definition) is 2. The third-order valence-corrected chi connectivity index (χ3v) is 3.74. The van der Waals surface area contributed by atoms with Gasteiger partial charge in [-0.15, -0.1) is 0 Å². The summed E-state index contributed by atoms with van der Waals surface area (Å²) in [5.41, 5.74) is 1.58. The fraction of sp³-hybridized carbons (Fsp3) is 0.316. The van der Waals surface area contributed by atoms with E-state index >= 15 is 0 Å². The van der Waals surface area contributed by atoms with Gasteiger partial charge in [-0.2, -0.15) is 0 Å². The largest absolute Gasteiger partial charge is 0.493 e. The average molecular weight is 346 g/mol. The molecule has 2 N–H and O–H groups in total. The van der Waals surface area contributed by atoms with Crippen LogP contribution in [0.4, 0.5) is 4.39 Å². The van der Waals surface area contributed by atoms with Crippen molar-refractivity contribution in [1.29, 1.82) is 0 Å². The van der Waals surface area contributed by atoms with Crippen LogP contribution in [0.5, 0.6) is 11.5 Å². The van der Waals surface area contributed by atoms with Crippen molar-refractivity contribution in [3.63, 3.8) is 0 Å². The Kier molecular flexibility index (Phi) is 7.22. The molecule has 6 heteroatoms. The molecule has 0 aromatic heterocycles. The summed E-state index contributed by atoms with van der Waals surface area (Å²) in [5.74, 6) is 0.936. The fourth-order valence-electron chi connectivity index (χ4n) is 2.40. The summed E-state index contributed by atoms with van der Waals surface area (Å²) in [5, 5.41) is 5.77. The lowest BCUT2D eigenvalue weighted by Crippen LogP contribution is -2.34. The summed E-state index contributed by atoms with van der Waals surface area (Å²) in [4.78, 5) is 11.8. The molecule has 2 aromatic rings. The number of carbonyl (C=O) groups is 1. The summed E-state index contributed by atoms with van der Waals surface area (Å²) < 4.78 is 23.9. The van der Waals surface area contributed by atoms with Crippen LogP contribution >= 0.6 is 0 Å². The molecule has 134 valence electrons. The van der Waals surface area contributed by atoms with E-state index in [9.17, 15) is 9.18 Å². The van der Waals surface area contributed by atoms with E-state index in [-0.39, 0.29) is 18.3 Å². The first-order chi connectivity index (χ1) is 12.1. The molecule has 25 heavy (non-hydrogen) atoms. The van der Waals surface area contributed by atoms with Gasteiger partial charge in [0, 0.05) is 18.7 Å². The van der Waals surface area contributed by atoms with Crippen LogP contribution in [-0.4, -0.2) is 33.2 Å². The number of carbonyl (C=O) groups excluding carboxylic acids is 1. The molecule has 0 atom stereocenters. The van der Waals surface area contributed by atoms with Crippen molar-refractivity contribution in [2.24, 2.45) is 0 Å². The van der Waals surface area contributed by atoms with E-state index < -0.39 is 0 Å². The van der Waals surface area contributed by atoms with Gasteiger partial charge in [0.15, 0.2) is 11.5 Å². The maximum atomic E-state index is 13.5. The number of ether oxygens (including phenoxy) is 2. The second-order valence-electron chi connectivity index (χ2n) is 5.48. The average Bonchev–Trinajstić information content (AvgIpc) is 2.63. The lowest BCUT2D eigenvalue weighted by molar-refractivity contribution is -0.120. The van der Waals surface area contributed by atoms with E-state index in [1.807, 2.05) is 18.2 Å². The first-order valence-electron chi connectivity index (χ1n) is 8.05. The van der Waals surface area contributed by atoms with E-state index in [0.29, 0.717) is 36.6 Å². The highest BCUT2D eigenvalue weighted by atomic mass is 19.1. The molecule has 5 nitrogen and oxygen atoms in total. The van der Waals surface area contributed by atoms with Crippen molar-refractivity contribution in [3.8, 4) is 11.5 Å². The molecule has 0 fully saturated rings. The van der Waals surface area contributed by atoms with Crippen LogP contribution < -0.4 is 20.1 Å². The Morgan fingerprint density at radius 3 is 2.56 bits per heavy atom. The molecule has 0 heterocycles. The molecule has 0 aliphatic heterocycles. The van der Waals surface area contributed by atoms with Crippen molar-refractivity contribution in [1.82, 2.24) is 10.6 Å². The van der Waals surface area contributed by atoms with Crippen molar-refractivity contribution in [2.45, 2.75) is 13.0 Å². The highest BCUT2D eigenvalue weighted by Gasteiger charge is 2.06. The Balaban J connectivity index is 1.71. The van der Waals surface area contributed by atoms with Gasteiger partial charge in [0.1, 0.15) is 5.82 Å². The number of benzene rings is 2. The van der Waals surface area contributed by atoms with E-state index in [1.165, 1.54) is 6.07 Å². The Bertz CT molecular complexity index is 707. The molecule has 0 radical (unpaired) electrons. The van der Waals surface area contributed by atoms with Crippen LogP contribution in [-0.2, 0) is 17.8 Å². The van der Waals surface area contributed by atoms with Gasteiger partial charge < -0.3 is 20.1 Å². The summed E-state index contributed by atoms with van der Waals surface area (Å²) in [6.07, 6.45) is 0.680. The lowest BCUT2D eigenvalue weighted by atomic mass is 10.1. The van der Waals surface area contributed by atoms with Gasteiger partial charge in [0.25, 0.3) is 0 Å². The van der Waals surface area contributed by atoms with E-state index in [2.05, 4.69) is 10.6 Å². The highest BCUT2D eigenvalue weighted by molar-refractivity contribution is 5.77. The molecule has 0 spiro atoms. The first kappa shape index (κ1) is 18.7. The van der Waals surface area contributed by atoms with Gasteiger partial charge in [-0.05, 0) is 30.2 Å². The second kappa shape index (κ2) is 9.64. The zero-order valence-corrected chi connectivity index (χ0v) is 14.5. The number of halogens is 1. The number of rotatable bonds is 9. The van der Waals surface area contributed by atoms with Crippen LogP contribution in [0.25, 0.3) is 0 Å². The third kappa shape index (κ3) is 5.76. The Morgan fingerprint density at radius 1 is 1.08 bits per heavy atom. The summed E-state index contributed by atoms with van der Waals surface area (Å²) in [6, 6.07) is 12.2. The van der Waals surface area contributed by atoms with Crippen molar-refractivity contribution in [3.05, 3.63) is 59.4 Å². The van der Waals surface area contributed by atoms with Crippen LogP contribution in [0.1, 0.15) is 11.1 Å². The standard InChI is InChI=1S/C19H23FN2O3/c1-24-17-8-7-14(11-18(17)25-2)9-10-22-19(23)13-21-12-15-5-3-4-6-16(15)20/h3-8,11,21H,9-10,12-13H2,1-2H3,(H,22,23). The van der Waals surface area contributed by atoms with E-state index in [0.717, 1.165) is 5.56 Å². The normalized spacial score (nSPS) is 10.4. The molecule has 2 aromatic carbocycles. The number of amides is 1. The monoisotopic (exact) mass is 346 g/mol. The highest BCUT2D eigenvalue weighted by Crippen LogP contribution is 2.27. The molecule has 0 aliphatic rings. The quantitative estimate of drug-likeness (QED) is 0.731. The van der Waals surface area contributed by atoms with Crippen molar-refractivity contribution < 1.29 is 18.7 Å². The minimum atomic E-state index is -0.274. The maximum absolute atomic E-state index is 13.5. The zero-order chi connectivity index (χ0) is 18.1. The van der Waals surface area contributed by atoms with Gasteiger partial charge in [-0.3, -0.25) is 4.79 Å². The third-order valence-electron chi connectivity index (χ3n) is 3.74. The molecular formula is C19H23FN2O3. The van der Waals surface area contributed by atoms with Gasteiger partial charge in [0.2, 0.25) is 5.91 Å². The molecule has 2 rings (SSSR count). The SMILES string of the molecule is COc1ccc(CCNC(=O)CNCc2ccccc2F)cc1OC. The number of methoxy groups -OCH3 is 2. The van der Waals surface area contributed by atoms with Crippen LogP contribution in [0.3, 0.4) is 0 Å². The smallest absolute Gasteiger partial charge is 0.233 e. The topological polar surface area (TPSA) is 59.6 Å². The second-order valence-corrected chi connectivity index (χ2v) is 5.48. The maximum Gasteiger partial charge on any atom is 0.233 e. The van der Waals surface area contributed by atoms with Gasteiger partial charge in [-0.1, -0.05) is 24.3 Å². The van der Waals surface area contributed by atoms with Crippen LogP contribution in [0.15, 0.2) is 42.5 Å². The van der Waals surface area contributed by atoms with Gasteiger partial charge >= 0.3 is 0 Å². The van der Waals surface area contributed by atoms with Gasteiger partial charge in [0.05, 0.1) is 20.8 Å². The predicted molar refractivity (Wildman–Crippen MR) is 94.4 cm³/mol. The fourth-order valence-corrected chi connectivity index (χ4v) is 2.40. The lowest BCUT2D eigenvalue weighted by Gasteiger charge is -2.10. The minimum absolute atomic E-state index is 0.128. The number of hydrogen-bond acceptors (Lipinski definition) is 4. The summed E-state index contributed by atoms with van der Waals surface area (Å²) >= 11 is 0. The zero-order valence-electron chi connectivity index (χ0n) is 14.5. The Hall–Kier alpha value is -2.60. The van der Waals surface area contributed by atoms with Crippen molar-refractivity contribution >= 4 is 5.91 Å². The van der Waals surface area contributed by atoms with Crippen LogP contribution in [0, 0.1) is 5.82 Å². The Labute approximate surface area is 147 Å². The molecule has 0 saturated heterocycles. The number of nitrogens with one attached hydrogen (secondary N) is 2. The predicted octanol–water partition coefficient (Wildman–Crippen LogP) is 2.29. The molecule has 1 amide bonds. The molecule has 0 aliphatic carbocycles. The van der Waals surface area contributed by atoms with Crippen LogP contribution in [0.2, 0.25) is 0 Å². The van der Waals surface area contributed by atoms with E-state index in [1.54, 1.807) is 32.4 Å². The summed E-state index contributed by atoms with van der Waals surface area (Å²) in [6.45, 7) is 0.964. The van der Waals surface area contributed by atoms with Crippen molar-refractivity contribution in [2.75, 3.05) is 27.3 Å². The minimum Gasteiger partial charge on any atom is -0.493 e. The summed E-state index contributed by atoms with van der Waals surface area (Å²) in [7, 11) is 3.18. The van der Waals surface area contributed by atoms with Gasteiger partial charge in [-0.25, -0.2) is 4.39 Å². The molecule has 0 saturated carbocycles. The molecule has 0 bridgehead atoms.